The van der Waals surface area contributed by atoms with E-state index in [0.717, 1.165) is 13.2 Å². The first kappa shape index (κ1) is 13.6. The molecule has 1 saturated heterocycles. The van der Waals surface area contributed by atoms with E-state index in [0.29, 0.717) is 12.0 Å². The van der Waals surface area contributed by atoms with Crippen LogP contribution in [0.2, 0.25) is 0 Å². The van der Waals surface area contributed by atoms with E-state index in [2.05, 4.69) is 49.5 Å². The van der Waals surface area contributed by atoms with Gasteiger partial charge in [0, 0.05) is 12.6 Å². The van der Waals surface area contributed by atoms with E-state index in [-0.39, 0.29) is 6.10 Å². The molecule has 2 atom stereocenters. The summed E-state index contributed by atoms with van der Waals surface area (Å²) in [6.45, 7) is 6.36. The molecule has 0 saturated carbocycles. The molecule has 2 unspecified atom stereocenters. The van der Waals surface area contributed by atoms with Crippen molar-refractivity contribution in [1.82, 2.24) is 5.32 Å². The first-order chi connectivity index (χ1) is 8.77. The highest BCUT2D eigenvalue weighted by Crippen LogP contribution is 2.26. The van der Waals surface area contributed by atoms with E-state index in [1.54, 1.807) is 0 Å². The fourth-order valence-corrected chi connectivity index (χ4v) is 2.52. The number of hydrogen-bond donors (Lipinski definition) is 1. The number of hydrogen-bond acceptors (Lipinski definition) is 2. The molecule has 100 valence electrons. The Morgan fingerprint density at radius 2 is 2.00 bits per heavy atom. The highest BCUT2D eigenvalue weighted by Gasteiger charge is 2.25. The van der Waals surface area contributed by atoms with Gasteiger partial charge in [-0.25, -0.2) is 0 Å². The van der Waals surface area contributed by atoms with Gasteiger partial charge in [0.2, 0.25) is 0 Å². The van der Waals surface area contributed by atoms with Crippen LogP contribution in [0.1, 0.15) is 44.8 Å². The molecule has 2 rings (SSSR count). The zero-order valence-electron chi connectivity index (χ0n) is 11.6. The van der Waals surface area contributed by atoms with Gasteiger partial charge >= 0.3 is 0 Å². The van der Waals surface area contributed by atoms with Crippen LogP contribution in [0.5, 0.6) is 0 Å². The molecular weight excluding hydrogens is 222 g/mol. The first-order valence-electron chi connectivity index (χ1n) is 7.17. The van der Waals surface area contributed by atoms with Crippen molar-refractivity contribution in [2.45, 2.75) is 45.3 Å². The summed E-state index contributed by atoms with van der Waals surface area (Å²) < 4.78 is 6.17. The number of benzene rings is 1. The van der Waals surface area contributed by atoms with E-state index in [1.807, 2.05) is 0 Å². The number of rotatable bonds is 5. The van der Waals surface area contributed by atoms with Crippen LogP contribution >= 0.6 is 0 Å². The largest absolute Gasteiger partial charge is 0.372 e. The molecule has 1 heterocycles. The van der Waals surface area contributed by atoms with Crippen LogP contribution in [0.4, 0.5) is 0 Å². The SMILES string of the molecule is CC(C)COC(c1ccccc1)C1CCCCN1. The van der Waals surface area contributed by atoms with Gasteiger partial charge in [-0.15, -0.1) is 0 Å². The fourth-order valence-electron chi connectivity index (χ4n) is 2.52. The molecule has 1 aromatic rings. The molecule has 0 amide bonds. The summed E-state index contributed by atoms with van der Waals surface area (Å²) in [6, 6.07) is 11.1. The van der Waals surface area contributed by atoms with Crippen molar-refractivity contribution in [1.29, 1.82) is 0 Å². The second-order valence-corrected chi connectivity index (χ2v) is 5.61. The van der Waals surface area contributed by atoms with Crippen LogP contribution in [-0.4, -0.2) is 19.2 Å². The summed E-state index contributed by atoms with van der Waals surface area (Å²) in [7, 11) is 0. The van der Waals surface area contributed by atoms with Gasteiger partial charge in [-0.05, 0) is 30.9 Å². The minimum absolute atomic E-state index is 0.203. The standard InChI is InChI=1S/C16H25NO/c1-13(2)12-18-16(14-8-4-3-5-9-14)15-10-6-7-11-17-15/h3-5,8-9,13,15-17H,6-7,10-12H2,1-2H3. The maximum atomic E-state index is 6.17. The molecular formula is C16H25NO. The normalized spacial score (nSPS) is 22.1. The highest BCUT2D eigenvalue weighted by atomic mass is 16.5. The van der Waals surface area contributed by atoms with E-state index < -0.39 is 0 Å². The van der Waals surface area contributed by atoms with Gasteiger partial charge < -0.3 is 10.1 Å². The zero-order valence-corrected chi connectivity index (χ0v) is 11.6. The molecule has 0 aliphatic carbocycles. The Balaban J connectivity index is 2.06. The molecule has 0 spiro atoms. The van der Waals surface area contributed by atoms with Gasteiger partial charge in [0.25, 0.3) is 0 Å². The van der Waals surface area contributed by atoms with Gasteiger partial charge in [0.05, 0.1) is 6.10 Å². The quantitative estimate of drug-likeness (QED) is 0.859. The van der Waals surface area contributed by atoms with Gasteiger partial charge in [-0.3, -0.25) is 0 Å². The second kappa shape index (κ2) is 6.91. The maximum absolute atomic E-state index is 6.17. The molecule has 1 aliphatic rings. The lowest BCUT2D eigenvalue weighted by molar-refractivity contribution is 0.00407. The molecule has 0 radical (unpaired) electrons. The molecule has 1 aliphatic heterocycles. The van der Waals surface area contributed by atoms with Crippen molar-refractivity contribution >= 4 is 0 Å². The molecule has 2 nitrogen and oxygen atoms in total. The monoisotopic (exact) mass is 247 g/mol. The van der Waals surface area contributed by atoms with Crippen LogP contribution in [0.3, 0.4) is 0 Å². The Morgan fingerprint density at radius 3 is 2.61 bits per heavy atom. The van der Waals surface area contributed by atoms with Crippen molar-refractivity contribution in [3.8, 4) is 0 Å². The fraction of sp³-hybridized carbons (Fsp3) is 0.625. The number of nitrogens with one attached hydrogen (secondary N) is 1. The number of piperidine rings is 1. The van der Waals surface area contributed by atoms with Crippen LogP contribution in [0.25, 0.3) is 0 Å². The van der Waals surface area contributed by atoms with Crippen molar-refractivity contribution in [2.75, 3.05) is 13.2 Å². The molecule has 1 N–H and O–H groups in total. The van der Waals surface area contributed by atoms with Crippen molar-refractivity contribution in [3.05, 3.63) is 35.9 Å². The summed E-state index contributed by atoms with van der Waals surface area (Å²) in [5, 5.41) is 3.62. The lowest BCUT2D eigenvalue weighted by atomic mass is 9.94. The molecule has 1 fully saturated rings. The van der Waals surface area contributed by atoms with Crippen molar-refractivity contribution in [2.24, 2.45) is 5.92 Å². The smallest absolute Gasteiger partial charge is 0.0977 e. The Bertz CT molecular complexity index is 330. The molecule has 0 aromatic heterocycles. The molecule has 18 heavy (non-hydrogen) atoms. The minimum Gasteiger partial charge on any atom is -0.372 e. The molecule has 2 heteroatoms. The highest BCUT2D eigenvalue weighted by molar-refractivity contribution is 5.19. The topological polar surface area (TPSA) is 21.3 Å². The average molecular weight is 247 g/mol. The third-order valence-corrected chi connectivity index (χ3v) is 3.45. The molecule has 1 aromatic carbocycles. The summed E-state index contributed by atoms with van der Waals surface area (Å²) in [5.41, 5.74) is 1.30. The van der Waals surface area contributed by atoms with Crippen molar-refractivity contribution < 1.29 is 4.74 Å². The first-order valence-corrected chi connectivity index (χ1v) is 7.17. The third-order valence-electron chi connectivity index (χ3n) is 3.45. The summed E-state index contributed by atoms with van der Waals surface area (Å²) in [6.07, 6.45) is 4.03. The summed E-state index contributed by atoms with van der Waals surface area (Å²) in [5.74, 6) is 0.583. The zero-order chi connectivity index (χ0) is 12.8. The number of ether oxygens (including phenoxy) is 1. The van der Waals surface area contributed by atoms with Crippen LogP contribution in [0.15, 0.2) is 30.3 Å². The Morgan fingerprint density at radius 1 is 1.22 bits per heavy atom. The predicted octanol–water partition coefficient (Wildman–Crippen LogP) is 3.54. The van der Waals surface area contributed by atoms with E-state index in [1.165, 1.54) is 24.8 Å². The van der Waals surface area contributed by atoms with Gasteiger partial charge in [-0.2, -0.15) is 0 Å². The van der Waals surface area contributed by atoms with Crippen molar-refractivity contribution in [3.63, 3.8) is 0 Å². The Kier molecular flexibility index (Phi) is 5.21. The maximum Gasteiger partial charge on any atom is 0.0977 e. The lowest BCUT2D eigenvalue weighted by Gasteiger charge is -2.32. The predicted molar refractivity (Wildman–Crippen MR) is 75.6 cm³/mol. The molecule has 0 bridgehead atoms. The van der Waals surface area contributed by atoms with E-state index in [4.69, 9.17) is 4.74 Å². The Hall–Kier alpha value is -0.860. The van der Waals surface area contributed by atoms with Crippen LogP contribution in [-0.2, 0) is 4.74 Å². The summed E-state index contributed by atoms with van der Waals surface area (Å²) >= 11 is 0. The average Bonchev–Trinajstić information content (AvgIpc) is 2.41. The Labute approximate surface area is 111 Å². The van der Waals surface area contributed by atoms with E-state index >= 15 is 0 Å². The minimum atomic E-state index is 0.203. The van der Waals surface area contributed by atoms with Gasteiger partial charge in [-0.1, -0.05) is 50.6 Å². The van der Waals surface area contributed by atoms with Crippen LogP contribution in [0, 0.1) is 5.92 Å². The lowest BCUT2D eigenvalue weighted by Crippen LogP contribution is -2.40. The second-order valence-electron chi connectivity index (χ2n) is 5.61. The van der Waals surface area contributed by atoms with E-state index in [9.17, 15) is 0 Å². The van der Waals surface area contributed by atoms with Crippen LogP contribution < -0.4 is 5.32 Å². The summed E-state index contributed by atoms with van der Waals surface area (Å²) in [4.78, 5) is 0. The van der Waals surface area contributed by atoms with Gasteiger partial charge in [0.15, 0.2) is 0 Å². The van der Waals surface area contributed by atoms with Gasteiger partial charge in [0.1, 0.15) is 0 Å². The third kappa shape index (κ3) is 3.82.